The van der Waals surface area contributed by atoms with E-state index in [9.17, 15) is 27.6 Å². The highest BCUT2D eigenvalue weighted by Crippen LogP contribution is 2.34. The summed E-state index contributed by atoms with van der Waals surface area (Å²) in [5.74, 6) is 3.55. The van der Waals surface area contributed by atoms with Gasteiger partial charge >= 0.3 is 24.3 Å². The summed E-state index contributed by atoms with van der Waals surface area (Å²) >= 11 is 5.87. The lowest BCUT2D eigenvalue weighted by Crippen LogP contribution is -2.55. The van der Waals surface area contributed by atoms with Crippen LogP contribution in [0.1, 0.15) is 54.5 Å². The number of hydrogen-bond donors (Lipinski definition) is 5. The molecule has 0 saturated carbocycles. The Bertz CT molecular complexity index is 3290. The van der Waals surface area contributed by atoms with Crippen molar-refractivity contribution in [1.29, 1.82) is 0 Å². The first-order valence-electron chi connectivity index (χ1n) is 27.4. The van der Waals surface area contributed by atoms with E-state index in [1.54, 1.807) is 22.2 Å². The van der Waals surface area contributed by atoms with Gasteiger partial charge in [0.15, 0.2) is 0 Å². The van der Waals surface area contributed by atoms with Crippen LogP contribution in [0.4, 0.5) is 50.3 Å². The van der Waals surface area contributed by atoms with Crippen LogP contribution in [0.5, 0.6) is 17.2 Å². The molecule has 0 aliphatic carbocycles. The zero-order valence-electron chi connectivity index (χ0n) is 45.4. The number of carbonyl (C=O) groups excluding carboxylic acids is 3. The van der Waals surface area contributed by atoms with Crippen LogP contribution in [0.15, 0.2) is 159 Å². The summed E-state index contributed by atoms with van der Waals surface area (Å²) in [6.07, 6.45) is 6.16. The molecule has 436 valence electrons. The fraction of sp³-hybridized carbons (Fsp3) is 0.333. The lowest BCUT2D eigenvalue weighted by atomic mass is 10.0. The molecule has 0 unspecified atom stereocenters. The highest BCUT2D eigenvalue weighted by Gasteiger charge is 2.35. The van der Waals surface area contributed by atoms with Gasteiger partial charge in [-0.3, -0.25) is 4.57 Å². The van der Waals surface area contributed by atoms with Crippen LogP contribution in [0.3, 0.4) is 0 Å². The number of nitrogens with one attached hydrogen (secondary N) is 5. The van der Waals surface area contributed by atoms with Crippen molar-refractivity contribution in [2.45, 2.75) is 58.7 Å². The number of nitrogens with zero attached hydrogens (tertiary/aromatic N) is 5. The Morgan fingerprint density at radius 3 is 1.45 bits per heavy atom. The van der Waals surface area contributed by atoms with Gasteiger partial charge in [-0.2, -0.15) is 13.2 Å². The molecule has 3 saturated heterocycles. The van der Waals surface area contributed by atoms with Crippen molar-refractivity contribution < 1.29 is 41.8 Å². The number of aromatic nitrogens is 2. The van der Waals surface area contributed by atoms with Gasteiger partial charge in [0.1, 0.15) is 23.6 Å². The van der Waals surface area contributed by atoms with Gasteiger partial charge in [-0.15, -0.1) is 0 Å². The summed E-state index contributed by atoms with van der Waals surface area (Å²) in [6, 6.07) is 29.7. The van der Waals surface area contributed by atoms with Crippen LogP contribution < -0.4 is 40.8 Å². The maximum atomic E-state index is 12.6. The minimum Gasteiger partial charge on any atom is -0.493 e. The Kier molecular flexibility index (Phi) is 18.9. The highest BCUT2D eigenvalue weighted by molar-refractivity contribution is 6.30. The van der Waals surface area contributed by atoms with Crippen LogP contribution in [0.2, 0.25) is 5.02 Å². The van der Waals surface area contributed by atoms with Crippen molar-refractivity contribution in [2.24, 2.45) is 17.8 Å². The predicted molar refractivity (Wildman–Crippen MR) is 318 cm³/mol. The normalized spacial score (nSPS) is 16.2. The van der Waals surface area contributed by atoms with Gasteiger partial charge in [-0.25, -0.2) is 19.4 Å². The zero-order chi connectivity index (χ0) is 57.3. The van der Waals surface area contributed by atoms with E-state index in [4.69, 9.17) is 25.8 Å². The second-order valence-corrected chi connectivity index (χ2v) is 21.9. The molecule has 1 aromatic heterocycles. The molecule has 5 N–H and O–H groups in total. The predicted octanol–water partition coefficient (Wildman–Crippen LogP) is 12.9. The molecule has 0 atom stereocenters. The van der Waals surface area contributed by atoms with E-state index < -0.39 is 11.7 Å². The fourth-order valence-corrected chi connectivity index (χ4v) is 10.2. The molecule has 6 aromatic rings. The van der Waals surface area contributed by atoms with E-state index in [1.807, 2.05) is 71.6 Å². The molecule has 6 aliphatic heterocycles. The molecule has 3 fully saturated rings. The number of rotatable bonds is 12. The second kappa shape index (κ2) is 26.6. The number of allylic oxidation sites excluding steroid dienone is 3. The summed E-state index contributed by atoms with van der Waals surface area (Å²) in [4.78, 5) is 45.6. The van der Waals surface area contributed by atoms with E-state index in [1.165, 1.54) is 39.7 Å². The Balaban J connectivity index is 0.000000150. The topological polar surface area (TPSA) is 167 Å². The third kappa shape index (κ3) is 15.7. The van der Waals surface area contributed by atoms with E-state index in [0.29, 0.717) is 62.0 Å². The Hall–Kier alpha value is -8.58. The standard InChI is InChI=1S/C22H24ClN3O2.C22H22F3N3O2.C18H20N4O2.CH4/c1-15-2-5-18-10-20(8-9-21(18)25-15)28-14-17-12-26(13-17)22(27)24-11-16-3-6-19(23)7-4-16;1-14-2-3-16-10-19(8-9-20(16)26-14)30-13-15-11-28(12-15)21(29)27-18-6-4-17(5-7-18)22(23,24)25;1-13-2-3-15-8-16(4-5-17(15)20-13)24-11-14-9-22(10-14)18(23)21-7-6-19-12-21;/h3-4,6-10,17,25H,1-2,5,11-14H2,(H,24,27);4-10,15,26H,1-3,11-13H2,(H,27,29);4-8,12,14,20H,1-3,9-11H2;1H4. The number of likely N-dealkylation sites (tertiary alicyclic amines) is 3. The van der Waals surface area contributed by atoms with Gasteiger partial charge in [0.2, 0.25) is 0 Å². The largest absolute Gasteiger partial charge is 0.493 e. The monoisotopic (exact) mass is 1150 g/mol. The molecule has 20 heteroatoms. The lowest BCUT2D eigenvalue weighted by molar-refractivity contribution is -0.137. The zero-order valence-corrected chi connectivity index (χ0v) is 46.2. The summed E-state index contributed by atoms with van der Waals surface area (Å²) in [5, 5.41) is 16.1. The van der Waals surface area contributed by atoms with Crippen LogP contribution in [-0.2, 0) is 32.0 Å². The first-order chi connectivity index (χ1) is 39.5. The van der Waals surface area contributed by atoms with Crippen molar-refractivity contribution in [3.8, 4) is 17.2 Å². The molecule has 16 nitrogen and oxygen atoms in total. The molecular formula is C63H70ClF3N10O6. The molecule has 83 heavy (non-hydrogen) atoms. The number of anilines is 4. The number of urea groups is 2. The van der Waals surface area contributed by atoms with Crippen molar-refractivity contribution in [2.75, 3.05) is 80.4 Å². The average Bonchev–Trinajstić information content (AvgIpc) is 4.20. The minimum absolute atomic E-state index is 0. The SMILES string of the molecule is C.C=C1CCc2cc(OCC3CN(C(=O)NCc4ccc(Cl)cc4)C3)ccc2N1.C=C1CCc2cc(OCC3CN(C(=O)Nc4ccc(C(F)(F)F)cc4)C3)ccc2N1.C=C1CCc2cc(OCC3CN(C(=O)n4ccnc4)C3)ccc2N1. The Morgan fingerprint density at radius 2 is 1.02 bits per heavy atom. The number of hydrogen-bond acceptors (Lipinski definition) is 10. The van der Waals surface area contributed by atoms with Crippen molar-refractivity contribution in [3.63, 3.8) is 0 Å². The third-order valence-corrected chi connectivity index (χ3v) is 15.2. The van der Waals surface area contributed by atoms with Gasteiger partial charge < -0.3 is 55.5 Å². The summed E-state index contributed by atoms with van der Waals surface area (Å²) < 4.78 is 57.0. The number of fused-ring (bicyclic) bond motifs is 3. The second-order valence-electron chi connectivity index (χ2n) is 21.4. The average molecular weight is 1160 g/mol. The molecule has 5 aromatic carbocycles. The highest BCUT2D eigenvalue weighted by atomic mass is 35.5. The summed E-state index contributed by atoms with van der Waals surface area (Å²) in [6.45, 7) is 18.1. The summed E-state index contributed by atoms with van der Waals surface area (Å²) in [7, 11) is 0. The van der Waals surface area contributed by atoms with Crippen molar-refractivity contribution >= 4 is 52.4 Å². The molecule has 0 spiro atoms. The van der Waals surface area contributed by atoms with E-state index in [0.717, 1.165) is 134 Å². The van der Waals surface area contributed by atoms with E-state index >= 15 is 0 Å². The number of ether oxygens (including phenoxy) is 3. The lowest BCUT2D eigenvalue weighted by Gasteiger charge is -2.38. The molecular weight excluding hydrogens is 1090 g/mol. The Morgan fingerprint density at radius 1 is 0.590 bits per heavy atom. The molecule has 12 rings (SSSR count). The van der Waals surface area contributed by atoms with Crippen LogP contribution in [-0.4, -0.2) is 101 Å². The van der Waals surface area contributed by atoms with Crippen LogP contribution in [0, 0.1) is 17.8 Å². The smallest absolute Gasteiger partial charge is 0.416 e. The number of halogens is 4. The van der Waals surface area contributed by atoms with Gasteiger partial charge in [0.05, 0.1) is 25.4 Å². The first kappa shape index (κ1) is 59.1. The van der Waals surface area contributed by atoms with Crippen molar-refractivity contribution in [1.82, 2.24) is 29.6 Å². The van der Waals surface area contributed by atoms with E-state index in [2.05, 4.69) is 63.4 Å². The quantitative estimate of drug-likeness (QED) is 0.0796. The number of amides is 5. The third-order valence-electron chi connectivity index (χ3n) is 15.0. The molecule has 5 amide bonds. The number of alkyl halides is 3. The number of aryl methyl sites for hydroxylation is 3. The molecule has 7 heterocycles. The van der Waals surface area contributed by atoms with Gasteiger partial charge in [0.25, 0.3) is 0 Å². The fourth-order valence-electron chi connectivity index (χ4n) is 10.1. The number of imidazole rings is 1. The van der Waals surface area contributed by atoms with Gasteiger partial charge in [-0.05, 0) is 152 Å². The van der Waals surface area contributed by atoms with E-state index in [-0.39, 0.29) is 31.4 Å². The molecule has 6 aliphatic rings. The van der Waals surface area contributed by atoms with Crippen LogP contribution >= 0.6 is 11.6 Å². The first-order valence-corrected chi connectivity index (χ1v) is 27.8. The Labute approximate surface area is 487 Å². The maximum Gasteiger partial charge on any atom is 0.416 e. The molecule has 0 bridgehead atoms. The number of carbonyl (C=O) groups is 3. The minimum atomic E-state index is -4.39. The maximum absolute atomic E-state index is 12.6. The van der Waals surface area contributed by atoms with Crippen LogP contribution in [0.25, 0.3) is 0 Å². The number of benzene rings is 5. The van der Waals surface area contributed by atoms with Crippen molar-refractivity contribution in [3.05, 3.63) is 192 Å². The molecule has 0 radical (unpaired) electrons. The van der Waals surface area contributed by atoms with Gasteiger partial charge in [-0.1, -0.05) is 50.9 Å². The summed E-state index contributed by atoms with van der Waals surface area (Å²) in [5.41, 5.74) is 10.8. The van der Waals surface area contributed by atoms with Gasteiger partial charge in [0, 0.05) is 121 Å².